The third kappa shape index (κ3) is 2.57. The summed E-state index contributed by atoms with van der Waals surface area (Å²) < 4.78 is 5.59. The van der Waals surface area contributed by atoms with Crippen LogP contribution in [0.15, 0.2) is 24.3 Å². The monoisotopic (exact) mass is 239 g/mol. The summed E-state index contributed by atoms with van der Waals surface area (Å²) in [5.41, 5.74) is 1.35. The van der Waals surface area contributed by atoms with Crippen molar-refractivity contribution in [2.75, 3.05) is 6.61 Å². The molecular formula is C13H18ClNO. The highest BCUT2D eigenvalue weighted by Crippen LogP contribution is 2.25. The Morgan fingerprint density at radius 3 is 2.69 bits per heavy atom. The molecule has 3 heteroatoms. The fourth-order valence-corrected chi connectivity index (χ4v) is 2.10. The van der Waals surface area contributed by atoms with Gasteiger partial charge in [0.1, 0.15) is 0 Å². The molecule has 1 saturated heterocycles. The minimum absolute atomic E-state index is 0.0969. The summed E-state index contributed by atoms with van der Waals surface area (Å²) in [6, 6.07) is 7.96. The van der Waals surface area contributed by atoms with Gasteiger partial charge in [0.05, 0.1) is 6.10 Å². The van der Waals surface area contributed by atoms with Gasteiger partial charge in [0.15, 0.2) is 0 Å². The van der Waals surface area contributed by atoms with Crippen LogP contribution >= 0.6 is 11.6 Å². The van der Waals surface area contributed by atoms with E-state index in [1.54, 1.807) is 0 Å². The fraction of sp³-hybridized carbons (Fsp3) is 0.538. The van der Waals surface area contributed by atoms with Crippen LogP contribution in [0.4, 0.5) is 0 Å². The van der Waals surface area contributed by atoms with Crippen molar-refractivity contribution < 1.29 is 4.74 Å². The molecule has 0 saturated carbocycles. The van der Waals surface area contributed by atoms with Gasteiger partial charge in [-0.05, 0) is 38.0 Å². The molecule has 1 aromatic rings. The van der Waals surface area contributed by atoms with Crippen molar-refractivity contribution in [3.05, 3.63) is 34.9 Å². The first-order chi connectivity index (χ1) is 7.60. The van der Waals surface area contributed by atoms with Crippen molar-refractivity contribution in [3.63, 3.8) is 0 Å². The highest BCUT2D eigenvalue weighted by molar-refractivity contribution is 6.30. The lowest BCUT2D eigenvalue weighted by molar-refractivity contribution is 0.0881. The molecule has 88 valence electrons. The highest BCUT2D eigenvalue weighted by Gasteiger charge is 2.36. The van der Waals surface area contributed by atoms with Gasteiger partial charge in [0.2, 0.25) is 0 Å². The molecule has 0 spiro atoms. The normalized spacial score (nSPS) is 29.6. The van der Waals surface area contributed by atoms with Crippen LogP contribution < -0.4 is 5.32 Å². The topological polar surface area (TPSA) is 21.3 Å². The zero-order chi connectivity index (χ0) is 11.6. The largest absolute Gasteiger partial charge is 0.377 e. The Morgan fingerprint density at radius 2 is 2.12 bits per heavy atom. The molecule has 1 N–H and O–H groups in total. The Kier molecular flexibility index (Phi) is 3.53. The van der Waals surface area contributed by atoms with Crippen molar-refractivity contribution in [1.82, 2.24) is 5.32 Å². The average molecular weight is 240 g/mol. The molecule has 1 aliphatic rings. The Bertz CT molecular complexity index is 351. The molecule has 0 amide bonds. The molecule has 0 aliphatic carbocycles. The van der Waals surface area contributed by atoms with Gasteiger partial charge in [-0.2, -0.15) is 0 Å². The van der Waals surface area contributed by atoms with E-state index >= 15 is 0 Å². The third-order valence-corrected chi connectivity index (χ3v) is 3.75. The molecule has 1 aromatic carbocycles. The maximum absolute atomic E-state index is 5.85. The van der Waals surface area contributed by atoms with Crippen LogP contribution in [-0.2, 0) is 11.3 Å². The zero-order valence-corrected chi connectivity index (χ0v) is 10.6. The third-order valence-electron chi connectivity index (χ3n) is 3.50. The molecule has 0 bridgehead atoms. The number of nitrogens with one attached hydrogen (secondary N) is 1. The standard InChI is InChI=1S/C13H18ClNO/c1-10-13(2,7-8-16-10)15-9-11-3-5-12(14)6-4-11/h3-6,10,15H,7-9H2,1-2H3. The molecule has 1 fully saturated rings. The highest BCUT2D eigenvalue weighted by atomic mass is 35.5. The van der Waals surface area contributed by atoms with E-state index in [1.165, 1.54) is 5.56 Å². The van der Waals surface area contributed by atoms with Crippen molar-refractivity contribution in [3.8, 4) is 0 Å². The predicted octanol–water partition coefficient (Wildman–Crippen LogP) is 3.00. The summed E-state index contributed by atoms with van der Waals surface area (Å²) in [5, 5.41) is 4.36. The predicted molar refractivity (Wildman–Crippen MR) is 66.7 cm³/mol. The molecule has 1 aliphatic heterocycles. The average Bonchev–Trinajstić information content (AvgIpc) is 2.59. The summed E-state index contributed by atoms with van der Waals surface area (Å²) in [7, 11) is 0. The second kappa shape index (κ2) is 4.74. The molecular weight excluding hydrogens is 222 g/mol. The SMILES string of the molecule is CC1OCCC1(C)NCc1ccc(Cl)cc1. The van der Waals surface area contributed by atoms with E-state index in [0.29, 0.717) is 0 Å². The van der Waals surface area contributed by atoms with E-state index in [9.17, 15) is 0 Å². The van der Waals surface area contributed by atoms with Gasteiger partial charge in [-0.1, -0.05) is 23.7 Å². The fourth-order valence-electron chi connectivity index (χ4n) is 1.97. The molecule has 2 nitrogen and oxygen atoms in total. The van der Waals surface area contributed by atoms with E-state index in [4.69, 9.17) is 16.3 Å². The van der Waals surface area contributed by atoms with E-state index in [0.717, 1.165) is 24.6 Å². The van der Waals surface area contributed by atoms with Crippen LogP contribution in [-0.4, -0.2) is 18.2 Å². The first-order valence-electron chi connectivity index (χ1n) is 5.71. The van der Waals surface area contributed by atoms with Gasteiger partial charge in [-0.25, -0.2) is 0 Å². The molecule has 1 heterocycles. The van der Waals surface area contributed by atoms with Crippen LogP contribution in [0.25, 0.3) is 0 Å². The van der Waals surface area contributed by atoms with E-state index in [2.05, 4.69) is 31.3 Å². The number of ether oxygens (including phenoxy) is 1. The number of benzene rings is 1. The second-order valence-corrected chi connectivity index (χ2v) is 5.10. The summed E-state index contributed by atoms with van der Waals surface area (Å²) in [6.07, 6.45) is 1.35. The van der Waals surface area contributed by atoms with Crippen molar-refractivity contribution in [2.24, 2.45) is 0 Å². The summed E-state index contributed by atoms with van der Waals surface area (Å²) >= 11 is 5.85. The van der Waals surface area contributed by atoms with Crippen LogP contribution in [0.2, 0.25) is 5.02 Å². The summed E-state index contributed by atoms with van der Waals surface area (Å²) in [4.78, 5) is 0. The molecule has 0 aromatic heterocycles. The van der Waals surface area contributed by atoms with Gasteiger partial charge in [-0.15, -0.1) is 0 Å². The van der Waals surface area contributed by atoms with Crippen LogP contribution in [0.5, 0.6) is 0 Å². The van der Waals surface area contributed by atoms with Gasteiger partial charge < -0.3 is 10.1 Å². The number of halogens is 1. The van der Waals surface area contributed by atoms with Crippen molar-refractivity contribution in [1.29, 1.82) is 0 Å². The second-order valence-electron chi connectivity index (χ2n) is 4.66. The van der Waals surface area contributed by atoms with Crippen LogP contribution in [0.1, 0.15) is 25.8 Å². The van der Waals surface area contributed by atoms with Crippen LogP contribution in [0, 0.1) is 0 Å². The van der Waals surface area contributed by atoms with E-state index in [-0.39, 0.29) is 11.6 Å². The summed E-state index contributed by atoms with van der Waals surface area (Å²) in [5.74, 6) is 0. The maximum Gasteiger partial charge on any atom is 0.0726 e. The zero-order valence-electron chi connectivity index (χ0n) is 9.79. The lowest BCUT2D eigenvalue weighted by Crippen LogP contribution is -2.47. The molecule has 2 rings (SSSR count). The minimum Gasteiger partial charge on any atom is -0.377 e. The Balaban J connectivity index is 1.94. The van der Waals surface area contributed by atoms with Gasteiger partial charge >= 0.3 is 0 Å². The van der Waals surface area contributed by atoms with Crippen LogP contribution in [0.3, 0.4) is 0 Å². The lowest BCUT2D eigenvalue weighted by atomic mass is 9.94. The Labute approximate surface area is 102 Å². The molecule has 16 heavy (non-hydrogen) atoms. The van der Waals surface area contributed by atoms with E-state index in [1.807, 2.05) is 12.1 Å². The van der Waals surface area contributed by atoms with Crippen molar-refractivity contribution >= 4 is 11.6 Å². The number of hydrogen-bond acceptors (Lipinski definition) is 2. The van der Waals surface area contributed by atoms with Crippen molar-refractivity contribution in [2.45, 2.75) is 38.5 Å². The molecule has 2 atom stereocenters. The Hall–Kier alpha value is -0.570. The Morgan fingerprint density at radius 1 is 1.44 bits per heavy atom. The maximum atomic E-state index is 5.85. The smallest absolute Gasteiger partial charge is 0.0726 e. The molecule has 2 unspecified atom stereocenters. The minimum atomic E-state index is 0.0969. The van der Waals surface area contributed by atoms with Gasteiger partial charge in [0.25, 0.3) is 0 Å². The van der Waals surface area contributed by atoms with E-state index < -0.39 is 0 Å². The first kappa shape index (κ1) is 11.9. The lowest BCUT2D eigenvalue weighted by Gasteiger charge is -2.29. The van der Waals surface area contributed by atoms with Gasteiger partial charge in [-0.3, -0.25) is 0 Å². The quantitative estimate of drug-likeness (QED) is 0.876. The van der Waals surface area contributed by atoms with Gasteiger partial charge in [0, 0.05) is 23.7 Å². The molecule has 0 radical (unpaired) electrons. The summed E-state index contributed by atoms with van der Waals surface area (Å²) in [6.45, 7) is 6.06. The number of hydrogen-bond donors (Lipinski definition) is 1. The first-order valence-corrected chi connectivity index (χ1v) is 6.09. The number of rotatable bonds is 3.